The van der Waals surface area contributed by atoms with Crippen LogP contribution in [-0.4, -0.2) is 34.9 Å². The minimum absolute atomic E-state index is 0.216. The van der Waals surface area contributed by atoms with Gasteiger partial charge in [-0.3, -0.25) is 10.1 Å². The zero-order chi connectivity index (χ0) is 14.9. The summed E-state index contributed by atoms with van der Waals surface area (Å²) in [5, 5.41) is 45.1. The van der Waals surface area contributed by atoms with E-state index in [-0.39, 0.29) is 10.7 Å². The van der Waals surface area contributed by atoms with E-state index in [4.69, 9.17) is 5.73 Å². The minimum atomic E-state index is -1.09. The van der Waals surface area contributed by atoms with Gasteiger partial charge in [-0.1, -0.05) is 0 Å². The lowest BCUT2D eigenvalue weighted by molar-refractivity contribution is -0.453. The maximum absolute atomic E-state index is 11.5. The first-order valence-corrected chi connectivity index (χ1v) is 4.56. The molecule has 0 spiro atoms. The number of hydrogen-bond donors (Lipinski definition) is 1. The summed E-state index contributed by atoms with van der Waals surface area (Å²) in [5.74, 6) is -2.00. The van der Waals surface area contributed by atoms with Crippen LogP contribution >= 0.6 is 0 Å². The van der Waals surface area contributed by atoms with Crippen molar-refractivity contribution < 1.29 is 19.3 Å². The van der Waals surface area contributed by atoms with Crippen LogP contribution in [-0.2, 0) is 0 Å². The molecule has 15 nitrogen and oxygen atoms in total. The Balaban J connectivity index is 2.44. The van der Waals surface area contributed by atoms with Crippen LogP contribution in [0.4, 0.5) is 23.1 Å². The number of nitro groups is 2. The summed E-state index contributed by atoms with van der Waals surface area (Å²) in [6.07, 6.45) is 0.576. The lowest BCUT2D eigenvalue weighted by atomic mass is 10.5. The molecule has 0 fully saturated rings. The highest BCUT2D eigenvalue weighted by atomic mass is 16.6. The van der Waals surface area contributed by atoms with Crippen LogP contribution in [0.15, 0.2) is 16.0 Å². The molecule has 0 saturated heterocycles. The fourth-order valence-electron chi connectivity index (χ4n) is 1.10. The van der Waals surface area contributed by atoms with E-state index in [0.29, 0.717) is 11.0 Å². The van der Waals surface area contributed by atoms with Gasteiger partial charge in [-0.05, 0) is 10.1 Å². The molecule has 20 heavy (non-hydrogen) atoms. The van der Waals surface area contributed by atoms with Gasteiger partial charge >= 0.3 is 17.3 Å². The molecule has 2 aromatic heterocycles. The molecular formula is C5H3N9O6. The molecule has 0 amide bonds. The molecule has 0 aliphatic heterocycles. The SMILES string of the molecule is Nc1nonc1[N+]([O-])=Nn1cc([N+](=O)[O-])c([N+](=O)[O-])n1. The summed E-state index contributed by atoms with van der Waals surface area (Å²) in [7, 11) is 0. The van der Waals surface area contributed by atoms with Crippen molar-refractivity contribution in [3.8, 4) is 0 Å². The molecule has 104 valence electrons. The third-order valence-electron chi connectivity index (χ3n) is 1.88. The summed E-state index contributed by atoms with van der Waals surface area (Å²) >= 11 is 0. The van der Waals surface area contributed by atoms with Gasteiger partial charge in [-0.25, -0.2) is 0 Å². The molecule has 0 aliphatic rings. The average molecular weight is 285 g/mol. The predicted molar refractivity (Wildman–Crippen MR) is 55.4 cm³/mol. The molecule has 0 saturated carbocycles. The number of nitrogens with zero attached hydrogens (tertiary/aromatic N) is 8. The van der Waals surface area contributed by atoms with Crippen molar-refractivity contribution in [1.29, 1.82) is 0 Å². The zero-order valence-corrected chi connectivity index (χ0v) is 9.18. The molecule has 0 atom stereocenters. The van der Waals surface area contributed by atoms with Gasteiger partial charge in [0.25, 0.3) is 5.82 Å². The normalized spacial score (nSPS) is 11.5. The maximum Gasteiger partial charge on any atom is 0.487 e. The van der Waals surface area contributed by atoms with Crippen molar-refractivity contribution >= 4 is 23.1 Å². The molecule has 2 heterocycles. The van der Waals surface area contributed by atoms with E-state index in [9.17, 15) is 25.4 Å². The number of anilines is 1. The van der Waals surface area contributed by atoms with Crippen LogP contribution in [0.5, 0.6) is 0 Å². The predicted octanol–water partition coefficient (Wildman–Crippen LogP) is -0.278. The van der Waals surface area contributed by atoms with Crippen LogP contribution in [0.1, 0.15) is 0 Å². The van der Waals surface area contributed by atoms with Gasteiger partial charge < -0.3 is 21.1 Å². The van der Waals surface area contributed by atoms with Gasteiger partial charge in [-0.2, -0.15) is 4.63 Å². The van der Waals surface area contributed by atoms with E-state index in [0.717, 1.165) is 0 Å². The van der Waals surface area contributed by atoms with Crippen molar-refractivity contribution in [1.82, 2.24) is 20.2 Å². The Morgan fingerprint density at radius 3 is 2.35 bits per heavy atom. The smallest absolute Gasteiger partial charge is 0.487 e. The molecule has 2 N–H and O–H groups in total. The third kappa shape index (κ3) is 2.17. The van der Waals surface area contributed by atoms with Crippen LogP contribution in [0.25, 0.3) is 0 Å². The Labute approximate surface area is 106 Å². The summed E-state index contributed by atoms with van der Waals surface area (Å²) in [6.45, 7) is 0. The quantitative estimate of drug-likeness (QED) is 0.336. The van der Waals surface area contributed by atoms with Gasteiger partial charge in [0.15, 0.2) is 5.10 Å². The van der Waals surface area contributed by atoms with Crippen molar-refractivity contribution in [2.75, 3.05) is 5.73 Å². The lowest BCUT2D eigenvalue weighted by Crippen LogP contribution is -2.01. The molecule has 0 radical (unpaired) electrons. The Bertz CT molecular complexity index is 683. The number of hydrogen-bond acceptors (Lipinski definition) is 11. The summed E-state index contributed by atoms with van der Waals surface area (Å²) < 4.78 is 4.14. The highest BCUT2D eigenvalue weighted by Crippen LogP contribution is 2.24. The highest BCUT2D eigenvalue weighted by Gasteiger charge is 2.34. The maximum atomic E-state index is 11.5. The van der Waals surface area contributed by atoms with Crippen molar-refractivity contribution in [3.05, 3.63) is 31.6 Å². The molecule has 0 aromatic carbocycles. The van der Waals surface area contributed by atoms with Crippen LogP contribution in [0.3, 0.4) is 0 Å². The van der Waals surface area contributed by atoms with Crippen molar-refractivity contribution in [2.45, 2.75) is 0 Å². The van der Waals surface area contributed by atoms with Gasteiger partial charge in [0, 0.05) is 0 Å². The van der Waals surface area contributed by atoms with E-state index in [1.807, 2.05) is 0 Å². The molecule has 15 heteroatoms. The monoisotopic (exact) mass is 285 g/mol. The van der Waals surface area contributed by atoms with Gasteiger partial charge in [0.05, 0.1) is 14.9 Å². The second kappa shape index (κ2) is 4.55. The van der Waals surface area contributed by atoms with Crippen molar-refractivity contribution in [2.24, 2.45) is 5.22 Å². The van der Waals surface area contributed by atoms with Crippen molar-refractivity contribution in [3.63, 3.8) is 0 Å². The lowest BCUT2D eigenvalue weighted by Gasteiger charge is -1.98. The van der Waals surface area contributed by atoms with Crippen LogP contribution in [0.2, 0.25) is 0 Å². The minimum Gasteiger partial charge on any atom is -0.721 e. The second-order valence-electron chi connectivity index (χ2n) is 3.11. The van der Waals surface area contributed by atoms with E-state index >= 15 is 0 Å². The number of nitrogens with two attached hydrogens (primary N) is 1. The van der Waals surface area contributed by atoms with Gasteiger partial charge in [-0.15, -0.1) is 4.86 Å². The fourth-order valence-corrected chi connectivity index (χ4v) is 1.10. The van der Waals surface area contributed by atoms with Gasteiger partial charge in [0.2, 0.25) is 6.20 Å². The summed E-state index contributed by atoms with van der Waals surface area (Å²) in [5.41, 5.74) is 4.28. The Morgan fingerprint density at radius 1 is 1.20 bits per heavy atom. The third-order valence-corrected chi connectivity index (χ3v) is 1.88. The first-order valence-electron chi connectivity index (χ1n) is 4.56. The molecule has 0 aliphatic carbocycles. The Hall–Kier alpha value is -3.65. The van der Waals surface area contributed by atoms with E-state index in [1.54, 1.807) is 0 Å². The van der Waals surface area contributed by atoms with Crippen LogP contribution in [0, 0.1) is 25.4 Å². The zero-order valence-electron chi connectivity index (χ0n) is 9.18. The molecule has 0 bridgehead atoms. The number of rotatable bonds is 4. The molecule has 0 unspecified atom stereocenters. The van der Waals surface area contributed by atoms with Gasteiger partial charge in [0.1, 0.15) is 5.16 Å². The topological polar surface area (TPSA) is 207 Å². The highest BCUT2D eigenvalue weighted by molar-refractivity contribution is 5.44. The average Bonchev–Trinajstić information content (AvgIpc) is 2.95. The largest absolute Gasteiger partial charge is 0.721 e. The molecular weight excluding hydrogens is 282 g/mol. The summed E-state index contributed by atoms with van der Waals surface area (Å²) in [6, 6.07) is 0. The standard InChI is InChI=1S/C5H3N9O6/c6-3-5(9-20-8-3)12(15)10-11-1-2(13(16)17)4(7-11)14(18)19/h1H,(H2,6,8). The number of aromatic nitrogens is 4. The molecule has 2 aromatic rings. The Morgan fingerprint density at radius 2 is 1.90 bits per heavy atom. The molecule has 2 rings (SSSR count). The van der Waals surface area contributed by atoms with Crippen LogP contribution < -0.4 is 5.73 Å². The fraction of sp³-hybridized carbons (Fsp3) is 0. The first kappa shape index (κ1) is 12.8. The first-order chi connectivity index (χ1) is 9.40. The second-order valence-corrected chi connectivity index (χ2v) is 3.11. The van der Waals surface area contributed by atoms with E-state index in [1.165, 1.54) is 0 Å². The van der Waals surface area contributed by atoms with E-state index in [2.05, 4.69) is 25.3 Å². The number of nitrogen functional groups attached to an aromatic ring is 1. The Kier molecular flexibility index (Phi) is 2.91. The van der Waals surface area contributed by atoms with E-state index < -0.39 is 27.2 Å². The summed E-state index contributed by atoms with van der Waals surface area (Å²) in [4.78, 5) is 19.1.